The summed E-state index contributed by atoms with van der Waals surface area (Å²) >= 11 is 1.50. The van der Waals surface area contributed by atoms with Gasteiger partial charge in [0.25, 0.3) is 0 Å². The van der Waals surface area contributed by atoms with Crippen molar-refractivity contribution in [3.8, 4) is 0 Å². The second kappa shape index (κ2) is 11.0. The number of carboxylic acid groups (broad SMARTS) is 1. The largest absolute Gasteiger partial charge is 0.481 e. The van der Waals surface area contributed by atoms with Gasteiger partial charge in [-0.05, 0) is 25.3 Å². The Labute approximate surface area is 171 Å². The fourth-order valence-electron chi connectivity index (χ4n) is 3.83. The van der Waals surface area contributed by atoms with Crippen molar-refractivity contribution in [1.29, 1.82) is 0 Å². The first-order chi connectivity index (χ1) is 13.3. The van der Waals surface area contributed by atoms with Crippen molar-refractivity contribution in [2.24, 2.45) is 5.92 Å². The predicted octanol–water partition coefficient (Wildman–Crippen LogP) is 3.46. The van der Waals surface area contributed by atoms with Gasteiger partial charge in [0.2, 0.25) is 0 Å². The number of carbonyl (C=O) groups excluding carboxylic acids is 1. The molecule has 3 N–H and O–H groups in total. The number of carboxylic acids is 1. The Morgan fingerprint density at radius 1 is 1.18 bits per heavy atom. The number of rotatable bonds is 12. The van der Waals surface area contributed by atoms with Gasteiger partial charge in [0.1, 0.15) is 5.78 Å². The SMILES string of the molecule is CC(O)(CSC1C(O)CC(=O)C1CCCCCCC(=O)O)Cc1ccccc1. The summed E-state index contributed by atoms with van der Waals surface area (Å²) in [7, 11) is 0. The number of benzene rings is 1. The highest BCUT2D eigenvalue weighted by Gasteiger charge is 2.42. The average Bonchev–Trinajstić information content (AvgIpc) is 2.89. The maximum atomic E-state index is 12.3. The van der Waals surface area contributed by atoms with Crippen LogP contribution in [0.1, 0.15) is 57.4 Å². The van der Waals surface area contributed by atoms with Gasteiger partial charge in [-0.15, -0.1) is 0 Å². The van der Waals surface area contributed by atoms with Crippen molar-refractivity contribution in [1.82, 2.24) is 0 Å². The summed E-state index contributed by atoms with van der Waals surface area (Å²) in [6.45, 7) is 1.80. The van der Waals surface area contributed by atoms with Gasteiger partial charge in [-0.3, -0.25) is 9.59 Å². The highest BCUT2D eigenvalue weighted by Crippen LogP contribution is 2.38. The van der Waals surface area contributed by atoms with Crippen molar-refractivity contribution in [3.63, 3.8) is 0 Å². The van der Waals surface area contributed by atoms with E-state index in [9.17, 15) is 19.8 Å². The zero-order chi connectivity index (χ0) is 20.6. The number of hydrogen-bond donors (Lipinski definition) is 3. The van der Waals surface area contributed by atoms with Crippen LogP contribution in [0.25, 0.3) is 0 Å². The summed E-state index contributed by atoms with van der Waals surface area (Å²) in [5.41, 5.74) is 0.160. The van der Waals surface area contributed by atoms with E-state index in [1.165, 1.54) is 11.8 Å². The molecule has 1 aliphatic carbocycles. The number of carbonyl (C=O) groups is 2. The molecule has 1 aromatic rings. The smallest absolute Gasteiger partial charge is 0.303 e. The van der Waals surface area contributed by atoms with E-state index in [0.717, 1.165) is 31.2 Å². The predicted molar refractivity (Wildman–Crippen MR) is 111 cm³/mol. The molecular weight excluding hydrogens is 376 g/mol. The number of Topliss-reactive ketones (excluding diaryl/α,β-unsaturated/α-hetero) is 1. The topological polar surface area (TPSA) is 94.8 Å². The summed E-state index contributed by atoms with van der Waals surface area (Å²) < 4.78 is 0. The van der Waals surface area contributed by atoms with E-state index in [4.69, 9.17) is 5.11 Å². The number of hydrogen-bond acceptors (Lipinski definition) is 5. The van der Waals surface area contributed by atoms with Crippen LogP contribution in [-0.4, -0.2) is 49.8 Å². The molecule has 0 spiro atoms. The van der Waals surface area contributed by atoms with E-state index in [-0.39, 0.29) is 29.8 Å². The van der Waals surface area contributed by atoms with Gasteiger partial charge in [-0.1, -0.05) is 49.6 Å². The van der Waals surface area contributed by atoms with E-state index in [2.05, 4.69) is 0 Å². The van der Waals surface area contributed by atoms with Crippen LogP contribution in [0.3, 0.4) is 0 Å². The van der Waals surface area contributed by atoms with Crippen molar-refractivity contribution in [2.75, 3.05) is 5.75 Å². The number of aliphatic hydroxyl groups is 2. The lowest BCUT2D eigenvalue weighted by Gasteiger charge is -2.27. The van der Waals surface area contributed by atoms with Crippen LogP contribution in [0.4, 0.5) is 0 Å². The minimum Gasteiger partial charge on any atom is -0.481 e. The van der Waals surface area contributed by atoms with E-state index in [1.807, 2.05) is 30.3 Å². The molecule has 0 heterocycles. The second-order valence-corrected chi connectivity index (χ2v) is 9.29. The minimum atomic E-state index is -0.904. The van der Waals surface area contributed by atoms with Crippen LogP contribution in [-0.2, 0) is 16.0 Å². The van der Waals surface area contributed by atoms with Crippen molar-refractivity contribution in [2.45, 2.75) is 75.2 Å². The average molecular weight is 409 g/mol. The lowest BCUT2D eigenvalue weighted by molar-refractivity contribution is -0.137. The maximum absolute atomic E-state index is 12.3. The third-order valence-electron chi connectivity index (χ3n) is 5.27. The summed E-state index contributed by atoms with van der Waals surface area (Å²) in [6, 6.07) is 9.81. The molecular formula is C22H32O5S. The third kappa shape index (κ3) is 7.57. The molecule has 1 aliphatic rings. The van der Waals surface area contributed by atoms with E-state index < -0.39 is 17.7 Å². The molecule has 156 valence electrons. The lowest BCUT2D eigenvalue weighted by Crippen LogP contribution is -2.33. The maximum Gasteiger partial charge on any atom is 0.303 e. The van der Waals surface area contributed by atoms with Crippen molar-refractivity contribution in [3.05, 3.63) is 35.9 Å². The highest BCUT2D eigenvalue weighted by atomic mass is 32.2. The first kappa shape index (κ1) is 22.9. The molecule has 1 saturated carbocycles. The molecule has 0 radical (unpaired) electrons. The van der Waals surface area contributed by atoms with E-state index >= 15 is 0 Å². The number of aliphatic hydroxyl groups excluding tert-OH is 1. The third-order valence-corrected chi connectivity index (χ3v) is 7.09. The molecule has 28 heavy (non-hydrogen) atoms. The monoisotopic (exact) mass is 408 g/mol. The molecule has 0 bridgehead atoms. The zero-order valence-electron chi connectivity index (χ0n) is 16.5. The molecule has 4 unspecified atom stereocenters. The Bertz CT molecular complexity index is 631. The van der Waals surface area contributed by atoms with Gasteiger partial charge in [0.15, 0.2) is 0 Å². The quantitative estimate of drug-likeness (QED) is 0.459. The van der Waals surface area contributed by atoms with Gasteiger partial charge in [-0.25, -0.2) is 0 Å². The van der Waals surface area contributed by atoms with Gasteiger partial charge in [-0.2, -0.15) is 11.8 Å². The molecule has 1 fully saturated rings. The molecule has 1 aromatic carbocycles. The summed E-state index contributed by atoms with van der Waals surface area (Å²) in [6.07, 6.45) is 4.26. The normalized spacial score (nSPS) is 24.2. The van der Waals surface area contributed by atoms with Crippen molar-refractivity contribution < 1.29 is 24.9 Å². The van der Waals surface area contributed by atoms with E-state index in [1.54, 1.807) is 6.92 Å². The molecule has 0 saturated heterocycles. The number of unbranched alkanes of at least 4 members (excludes halogenated alkanes) is 3. The molecule has 0 amide bonds. The Morgan fingerprint density at radius 2 is 1.86 bits per heavy atom. The number of aliphatic carboxylic acids is 1. The second-order valence-electron chi connectivity index (χ2n) is 8.13. The zero-order valence-corrected chi connectivity index (χ0v) is 17.4. The Balaban J connectivity index is 1.80. The summed E-state index contributed by atoms with van der Waals surface area (Å²) in [5, 5.41) is 29.6. The molecule has 2 rings (SSSR count). The Morgan fingerprint density at radius 3 is 2.54 bits per heavy atom. The molecule has 4 atom stereocenters. The molecule has 0 aromatic heterocycles. The van der Waals surface area contributed by atoms with Crippen LogP contribution in [0.2, 0.25) is 0 Å². The summed E-state index contributed by atoms with van der Waals surface area (Å²) in [4.78, 5) is 22.8. The number of ketones is 1. The van der Waals surface area contributed by atoms with Crippen LogP contribution in [0.15, 0.2) is 30.3 Å². The molecule has 0 aliphatic heterocycles. The lowest BCUT2D eigenvalue weighted by atomic mass is 9.97. The fraction of sp³-hybridized carbons (Fsp3) is 0.636. The standard InChI is InChI=1S/C22H32O5S/c1-22(27,14-16-9-5-4-6-10-16)15-28-21-17(18(23)13-19(21)24)11-7-2-3-8-12-20(25)26/h4-6,9-10,17,19,21,24,27H,2-3,7-8,11-15H2,1H3,(H,25,26). The van der Waals surface area contributed by atoms with Crippen molar-refractivity contribution >= 4 is 23.5 Å². The van der Waals surface area contributed by atoms with Gasteiger partial charge in [0, 0.05) is 36.2 Å². The van der Waals surface area contributed by atoms with Gasteiger partial charge >= 0.3 is 5.97 Å². The molecule has 5 nitrogen and oxygen atoms in total. The Kier molecular flexibility index (Phi) is 8.99. The van der Waals surface area contributed by atoms with E-state index in [0.29, 0.717) is 18.6 Å². The molecule has 6 heteroatoms. The van der Waals surface area contributed by atoms with Crippen LogP contribution >= 0.6 is 11.8 Å². The van der Waals surface area contributed by atoms with Crippen LogP contribution in [0.5, 0.6) is 0 Å². The Hall–Kier alpha value is -1.37. The first-order valence-corrected chi connectivity index (χ1v) is 11.1. The number of thioether (sulfide) groups is 1. The fourth-order valence-corrected chi connectivity index (χ4v) is 5.33. The van der Waals surface area contributed by atoms with Crippen LogP contribution < -0.4 is 0 Å². The highest BCUT2D eigenvalue weighted by molar-refractivity contribution is 8.00. The minimum absolute atomic E-state index is 0.109. The van der Waals surface area contributed by atoms with Crippen LogP contribution in [0, 0.1) is 5.92 Å². The summed E-state index contributed by atoms with van der Waals surface area (Å²) in [5.74, 6) is -0.371. The first-order valence-electron chi connectivity index (χ1n) is 10.1. The van der Waals surface area contributed by atoms with Gasteiger partial charge in [0.05, 0.1) is 11.7 Å². The van der Waals surface area contributed by atoms with Gasteiger partial charge < -0.3 is 15.3 Å².